The Labute approximate surface area is 230 Å². The topological polar surface area (TPSA) is 153 Å². The molecular weight excluding hydrogens is 524 g/mol. The van der Waals surface area contributed by atoms with Crippen molar-refractivity contribution in [3.05, 3.63) is 59.9 Å². The van der Waals surface area contributed by atoms with Gasteiger partial charge >= 0.3 is 23.8 Å². The minimum atomic E-state index is -1.19. The van der Waals surface area contributed by atoms with Gasteiger partial charge in [-0.05, 0) is 69.3 Å². The number of aromatic carboxylic acids is 1. The molecule has 0 aliphatic carbocycles. The summed E-state index contributed by atoms with van der Waals surface area (Å²) in [5.41, 5.74) is 1.18. The predicted octanol–water partition coefficient (Wildman–Crippen LogP) is 5.37. The fourth-order valence-corrected chi connectivity index (χ4v) is 3.25. The molecule has 4 aromatic rings. The minimum Gasteiger partial charge on any atom is -0.497 e. The van der Waals surface area contributed by atoms with Crippen LogP contribution in [0.4, 0.5) is 0 Å². The van der Waals surface area contributed by atoms with Crippen molar-refractivity contribution < 1.29 is 47.2 Å². The van der Waals surface area contributed by atoms with Gasteiger partial charge in [-0.3, -0.25) is 0 Å². The van der Waals surface area contributed by atoms with Crippen LogP contribution in [0.5, 0.6) is 23.4 Å². The summed E-state index contributed by atoms with van der Waals surface area (Å²) in [5, 5.41) is 9.01. The van der Waals surface area contributed by atoms with Crippen molar-refractivity contribution in [1.82, 2.24) is 9.97 Å². The number of methoxy groups -OCH3 is 2. The minimum absolute atomic E-state index is 0.0459. The van der Waals surface area contributed by atoms with E-state index in [1.54, 1.807) is 83.5 Å². The highest BCUT2D eigenvalue weighted by Gasteiger charge is 2.24. The van der Waals surface area contributed by atoms with Gasteiger partial charge in [-0.1, -0.05) is 0 Å². The quantitative estimate of drug-likeness (QED) is 0.237. The van der Waals surface area contributed by atoms with Gasteiger partial charge in [0.25, 0.3) is 0 Å². The summed E-state index contributed by atoms with van der Waals surface area (Å²) < 4.78 is 36.3. The van der Waals surface area contributed by atoms with Gasteiger partial charge in [0.1, 0.15) is 11.5 Å². The van der Waals surface area contributed by atoms with Gasteiger partial charge < -0.3 is 37.6 Å². The fraction of sp³-hybridized carbons (Fsp3) is 0.286. The molecule has 2 aromatic heterocycles. The van der Waals surface area contributed by atoms with Gasteiger partial charge in [0.2, 0.25) is 23.2 Å². The molecule has 0 aliphatic heterocycles. The lowest BCUT2D eigenvalue weighted by atomic mass is 10.2. The van der Waals surface area contributed by atoms with Gasteiger partial charge in [-0.2, -0.15) is 9.97 Å². The number of ether oxygens (including phenoxy) is 5. The van der Waals surface area contributed by atoms with E-state index in [2.05, 4.69) is 9.97 Å². The molecule has 2 heterocycles. The average Bonchev–Trinajstić information content (AvgIpc) is 3.59. The number of oxazole rings is 2. The van der Waals surface area contributed by atoms with E-state index >= 15 is 0 Å². The Morgan fingerprint density at radius 2 is 1.12 bits per heavy atom. The maximum Gasteiger partial charge on any atom is 0.364 e. The summed E-state index contributed by atoms with van der Waals surface area (Å²) in [4.78, 5) is 30.9. The first-order valence-electron chi connectivity index (χ1n) is 12.3. The summed E-state index contributed by atoms with van der Waals surface area (Å²) in [6, 6.07) is 14.1. The number of hydrogen-bond acceptors (Lipinski definition) is 11. The molecule has 0 atom stereocenters. The number of carboxylic acid groups (broad SMARTS) is 1. The predicted molar refractivity (Wildman–Crippen MR) is 142 cm³/mol. The molecular formula is C28H30N2O10. The molecule has 2 aromatic carbocycles. The number of hydrogen-bond donors (Lipinski definition) is 1. The third-order valence-electron chi connectivity index (χ3n) is 5.09. The third-order valence-corrected chi connectivity index (χ3v) is 5.09. The number of benzene rings is 2. The molecule has 4 rings (SSSR count). The van der Waals surface area contributed by atoms with Gasteiger partial charge in [-0.15, -0.1) is 0 Å². The molecule has 0 radical (unpaired) electrons. The van der Waals surface area contributed by atoms with Crippen molar-refractivity contribution in [1.29, 1.82) is 0 Å². The highest BCUT2D eigenvalue weighted by molar-refractivity contribution is 5.90. The molecule has 0 saturated heterocycles. The van der Waals surface area contributed by atoms with E-state index in [9.17, 15) is 9.59 Å². The molecule has 212 valence electrons. The Morgan fingerprint density at radius 3 is 1.50 bits per heavy atom. The fourth-order valence-electron chi connectivity index (χ4n) is 3.25. The largest absolute Gasteiger partial charge is 0.497 e. The van der Waals surface area contributed by atoms with Crippen LogP contribution in [-0.2, 0) is 4.74 Å². The van der Waals surface area contributed by atoms with Gasteiger partial charge in [0, 0.05) is 11.1 Å². The summed E-state index contributed by atoms with van der Waals surface area (Å²) in [5.74, 6) is 0.145. The summed E-state index contributed by atoms with van der Waals surface area (Å²) in [6.07, 6.45) is 0. The molecule has 1 N–H and O–H groups in total. The maximum absolute atomic E-state index is 11.8. The van der Waals surface area contributed by atoms with Crippen LogP contribution >= 0.6 is 0 Å². The van der Waals surface area contributed by atoms with Crippen LogP contribution < -0.4 is 18.9 Å². The first-order chi connectivity index (χ1) is 19.3. The molecule has 0 bridgehead atoms. The normalized spacial score (nSPS) is 10.2. The van der Waals surface area contributed by atoms with Crippen LogP contribution in [0.25, 0.3) is 22.9 Å². The molecule has 12 nitrogen and oxygen atoms in total. The van der Waals surface area contributed by atoms with Crippen LogP contribution in [0.1, 0.15) is 41.7 Å². The molecule has 0 aliphatic rings. The zero-order chi connectivity index (χ0) is 29.1. The second-order valence-corrected chi connectivity index (χ2v) is 7.66. The number of rotatable bonds is 11. The van der Waals surface area contributed by atoms with E-state index in [4.69, 9.17) is 37.6 Å². The second-order valence-electron chi connectivity index (χ2n) is 7.66. The number of carboxylic acids is 1. The zero-order valence-corrected chi connectivity index (χ0v) is 22.8. The SMILES string of the molecule is CCOC(=O)c1nc(-c2ccc(OC)cc2)oc1OCC.CCOc1oc(-c2ccc(OC)cc2)nc1C(=O)O. The molecule has 0 amide bonds. The van der Waals surface area contributed by atoms with Crippen molar-refractivity contribution in [2.75, 3.05) is 34.0 Å². The molecule has 12 heteroatoms. The third kappa shape index (κ3) is 7.31. The van der Waals surface area contributed by atoms with Crippen LogP contribution in [0.3, 0.4) is 0 Å². The van der Waals surface area contributed by atoms with E-state index in [1.807, 2.05) is 0 Å². The smallest absolute Gasteiger partial charge is 0.364 e. The van der Waals surface area contributed by atoms with Crippen molar-refractivity contribution in [2.24, 2.45) is 0 Å². The van der Waals surface area contributed by atoms with Crippen LogP contribution in [0.15, 0.2) is 57.4 Å². The van der Waals surface area contributed by atoms with E-state index in [0.717, 1.165) is 5.75 Å². The molecule has 0 spiro atoms. The van der Waals surface area contributed by atoms with E-state index in [-0.39, 0.29) is 35.8 Å². The number of carbonyl (C=O) groups excluding carboxylic acids is 1. The molecule has 0 unspecified atom stereocenters. The van der Waals surface area contributed by atoms with Crippen molar-refractivity contribution >= 4 is 11.9 Å². The molecule has 0 fully saturated rings. The van der Waals surface area contributed by atoms with Crippen LogP contribution in [0, 0.1) is 0 Å². The summed E-state index contributed by atoms with van der Waals surface area (Å²) in [7, 11) is 3.15. The first kappa shape index (κ1) is 29.6. The Balaban J connectivity index is 0.000000222. The number of esters is 1. The van der Waals surface area contributed by atoms with Gasteiger partial charge in [-0.25, -0.2) is 9.59 Å². The maximum atomic E-state index is 11.8. The number of carbonyl (C=O) groups is 2. The van der Waals surface area contributed by atoms with E-state index in [0.29, 0.717) is 36.0 Å². The lowest BCUT2D eigenvalue weighted by molar-refractivity contribution is 0.0512. The highest BCUT2D eigenvalue weighted by Crippen LogP contribution is 2.30. The van der Waals surface area contributed by atoms with E-state index in [1.165, 1.54) is 0 Å². The Bertz CT molecular complexity index is 1390. The lowest BCUT2D eigenvalue weighted by Gasteiger charge is -2.00. The molecule has 40 heavy (non-hydrogen) atoms. The Morgan fingerprint density at radius 1 is 0.700 bits per heavy atom. The Hall–Kier alpha value is -5.00. The first-order valence-corrected chi connectivity index (χ1v) is 12.3. The van der Waals surface area contributed by atoms with Crippen molar-refractivity contribution in [2.45, 2.75) is 20.8 Å². The standard InChI is InChI=1S/C15H17NO5.C13H13NO5/c1-4-19-14(17)12-15(20-5-2)21-13(16-12)10-6-8-11(18-3)9-7-10;1-3-18-13-10(12(15)16)14-11(19-13)8-4-6-9(17-2)7-5-8/h6-9H,4-5H2,1-3H3;4-7H,3H2,1-2H3,(H,15,16). The van der Waals surface area contributed by atoms with Crippen molar-refractivity contribution in [3.8, 4) is 46.3 Å². The van der Waals surface area contributed by atoms with Gasteiger partial charge in [0.05, 0.1) is 34.0 Å². The highest BCUT2D eigenvalue weighted by atomic mass is 16.6. The van der Waals surface area contributed by atoms with Crippen molar-refractivity contribution in [3.63, 3.8) is 0 Å². The van der Waals surface area contributed by atoms with E-state index < -0.39 is 11.9 Å². The average molecular weight is 555 g/mol. The Kier molecular flexibility index (Phi) is 10.5. The van der Waals surface area contributed by atoms with Crippen LogP contribution in [-0.4, -0.2) is 61.1 Å². The molecule has 0 saturated carbocycles. The second kappa shape index (κ2) is 14.2. The lowest BCUT2D eigenvalue weighted by Crippen LogP contribution is -2.07. The number of nitrogens with zero attached hydrogens (tertiary/aromatic N) is 2. The summed E-state index contributed by atoms with van der Waals surface area (Å²) in [6.45, 7) is 6.19. The van der Waals surface area contributed by atoms with Gasteiger partial charge in [0.15, 0.2) is 0 Å². The monoisotopic (exact) mass is 554 g/mol. The number of aromatic nitrogens is 2. The van der Waals surface area contributed by atoms with Crippen LogP contribution in [0.2, 0.25) is 0 Å². The zero-order valence-electron chi connectivity index (χ0n) is 22.8. The summed E-state index contributed by atoms with van der Waals surface area (Å²) >= 11 is 0.